The van der Waals surface area contributed by atoms with Crippen molar-refractivity contribution in [3.05, 3.63) is 18.2 Å². The van der Waals surface area contributed by atoms with Gasteiger partial charge in [0.25, 0.3) is 0 Å². The number of aromatic nitrogens is 3. The van der Waals surface area contributed by atoms with E-state index in [2.05, 4.69) is 10.3 Å². The summed E-state index contributed by atoms with van der Waals surface area (Å²) in [5.74, 6) is 0. The Morgan fingerprint density at radius 3 is 3.19 bits per heavy atom. The third-order valence-electron chi connectivity index (χ3n) is 2.86. The monoisotopic (exact) mass is 234 g/mol. The van der Waals surface area contributed by atoms with Crippen LogP contribution in [0, 0.1) is 0 Å². The van der Waals surface area contributed by atoms with Crippen LogP contribution in [0.1, 0.15) is 18.5 Å². The van der Waals surface area contributed by atoms with Gasteiger partial charge in [-0.05, 0) is 19.3 Å². The van der Waals surface area contributed by atoms with Crippen molar-refractivity contribution in [2.45, 2.75) is 19.3 Å². The van der Waals surface area contributed by atoms with Gasteiger partial charge in [-0.15, -0.1) is 0 Å². The predicted molar refractivity (Wildman–Crippen MR) is 65.7 cm³/mol. The molecule has 5 heteroatoms. The second-order valence-electron chi connectivity index (χ2n) is 4.07. The summed E-state index contributed by atoms with van der Waals surface area (Å²) in [5, 5.41) is 5.77. The Morgan fingerprint density at radius 1 is 1.44 bits per heavy atom. The summed E-state index contributed by atoms with van der Waals surface area (Å²) >= 11 is 1.74. The standard InChI is InChI=1S/C11H14N4S/c1-15-7-12-6-9(15)11-14-8-4-2-3-5-13-10(8)16-11/h6-7,13H,2-5H2,1H3. The van der Waals surface area contributed by atoms with Gasteiger partial charge >= 0.3 is 0 Å². The van der Waals surface area contributed by atoms with Gasteiger partial charge in [0.1, 0.15) is 10.0 Å². The zero-order valence-electron chi connectivity index (χ0n) is 9.23. The molecule has 16 heavy (non-hydrogen) atoms. The summed E-state index contributed by atoms with van der Waals surface area (Å²) in [6.45, 7) is 1.07. The average Bonchev–Trinajstić information content (AvgIpc) is 2.80. The number of anilines is 1. The molecule has 0 aliphatic carbocycles. The Labute approximate surface area is 98.4 Å². The first-order valence-electron chi connectivity index (χ1n) is 5.55. The largest absolute Gasteiger partial charge is 0.375 e. The van der Waals surface area contributed by atoms with E-state index in [9.17, 15) is 0 Å². The van der Waals surface area contributed by atoms with Crippen LogP contribution >= 0.6 is 11.3 Å². The van der Waals surface area contributed by atoms with E-state index in [1.165, 1.54) is 23.5 Å². The summed E-state index contributed by atoms with van der Waals surface area (Å²) in [5.41, 5.74) is 2.32. The fourth-order valence-corrected chi connectivity index (χ4v) is 3.04. The van der Waals surface area contributed by atoms with E-state index in [-0.39, 0.29) is 0 Å². The summed E-state index contributed by atoms with van der Waals surface area (Å²) in [6, 6.07) is 0. The van der Waals surface area contributed by atoms with Gasteiger partial charge in [0.15, 0.2) is 0 Å². The van der Waals surface area contributed by atoms with Crippen molar-refractivity contribution in [1.29, 1.82) is 0 Å². The van der Waals surface area contributed by atoms with E-state index in [0.717, 1.165) is 23.7 Å². The Bertz CT molecular complexity index is 476. The molecule has 0 bridgehead atoms. The highest BCUT2D eigenvalue weighted by molar-refractivity contribution is 7.19. The minimum Gasteiger partial charge on any atom is -0.375 e. The highest BCUT2D eigenvalue weighted by Crippen LogP contribution is 2.33. The quantitative estimate of drug-likeness (QED) is 0.823. The zero-order chi connectivity index (χ0) is 11.0. The Kier molecular flexibility index (Phi) is 2.40. The third-order valence-corrected chi connectivity index (χ3v) is 3.94. The second-order valence-corrected chi connectivity index (χ2v) is 5.07. The molecule has 84 valence electrons. The third kappa shape index (κ3) is 1.61. The van der Waals surface area contributed by atoms with Gasteiger partial charge in [-0.1, -0.05) is 11.3 Å². The number of imidazole rings is 1. The molecule has 1 aliphatic heterocycles. The fourth-order valence-electron chi connectivity index (χ4n) is 1.95. The Hall–Kier alpha value is -1.36. The van der Waals surface area contributed by atoms with Crippen molar-refractivity contribution in [3.63, 3.8) is 0 Å². The maximum Gasteiger partial charge on any atom is 0.143 e. The number of nitrogens with zero attached hydrogens (tertiary/aromatic N) is 3. The number of hydrogen-bond acceptors (Lipinski definition) is 4. The van der Waals surface area contributed by atoms with Crippen LogP contribution in [-0.2, 0) is 13.5 Å². The molecule has 0 fully saturated rings. The zero-order valence-corrected chi connectivity index (χ0v) is 10.0. The molecule has 4 nitrogen and oxygen atoms in total. The van der Waals surface area contributed by atoms with E-state index in [0.29, 0.717) is 0 Å². The molecule has 1 aliphatic rings. The van der Waals surface area contributed by atoms with Gasteiger partial charge in [-0.2, -0.15) is 0 Å². The molecule has 1 N–H and O–H groups in total. The van der Waals surface area contributed by atoms with Crippen molar-refractivity contribution in [1.82, 2.24) is 14.5 Å². The van der Waals surface area contributed by atoms with Crippen LogP contribution in [-0.4, -0.2) is 21.1 Å². The normalized spacial score (nSPS) is 15.3. The van der Waals surface area contributed by atoms with Crippen molar-refractivity contribution >= 4 is 16.3 Å². The topological polar surface area (TPSA) is 42.7 Å². The molecule has 0 aromatic carbocycles. The Morgan fingerprint density at radius 2 is 2.38 bits per heavy atom. The molecule has 3 rings (SSSR count). The molecule has 2 aromatic rings. The molecular weight excluding hydrogens is 220 g/mol. The van der Waals surface area contributed by atoms with Crippen LogP contribution in [0.3, 0.4) is 0 Å². The SMILES string of the molecule is Cn1cncc1-c1nc2c(s1)NCCCC2. The number of aryl methyl sites for hydroxylation is 2. The molecule has 2 aromatic heterocycles. The van der Waals surface area contributed by atoms with Gasteiger partial charge in [0, 0.05) is 13.6 Å². The van der Waals surface area contributed by atoms with Gasteiger partial charge in [-0.3, -0.25) is 0 Å². The average molecular weight is 234 g/mol. The number of thiazole rings is 1. The lowest BCUT2D eigenvalue weighted by atomic mass is 10.2. The molecule has 0 saturated carbocycles. The van der Waals surface area contributed by atoms with Crippen molar-refractivity contribution in [2.24, 2.45) is 7.05 Å². The van der Waals surface area contributed by atoms with Gasteiger partial charge in [0.2, 0.25) is 0 Å². The van der Waals surface area contributed by atoms with Crippen LogP contribution in [0.25, 0.3) is 10.7 Å². The number of nitrogens with one attached hydrogen (secondary N) is 1. The number of hydrogen-bond donors (Lipinski definition) is 1. The van der Waals surface area contributed by atoms with Crippen molar-refractivity contribution < 1.29 is 0 Å². The van der Waals surface area contributed by atoms with E-state index >= 15 is 0 Å². The van der Waals surface area contributed by atoms with Crippen LogP contribution in [0.15, 0.2) is 12.5 Å². The van der Waals surface area contributed by atoms with E-state index in [4.69, 9.17) is 4.98 Å². The van der Waals surface area contributed by atoms with Crippen LogP contribution in [0.2, 0.25) is 0 Å². The summed E-state index contributed by atoms with van der Waals surface area (Å²) in [4.78, 5) is 8.84. The molecule has 0 unspecified atom stereocenters. The molecular formula is C11H14N4S. The molecule has 0 amide bonds. The lowest BCUT2D eigenvalue weighted by Crippen LogP contribution is -1.96. The van der Waals surface area contributed by atoms with Crippen molar-refractivity contribution in [3.8, 4) is 10.7 Å². The maximum atomic E-state index is 4.71. The first kappa shape index (κ1) is 9.84. The van der Waals surface area contributed by atoms with Gasteiger partial charge in [-0.25, -0.2) is 9.97 Å². The van der Waals surface area contributed by atoms with E-state index in [1.807, 2.05) is 24.1 Å². The molecule has 0 radical (unpaired) electrons. The highest BCUT2D eigenvalue weighted by atomic mass is 32.1. The second kappa shape index (κ2) is 3.90. The fraction of sp³-hybridized carbons (Fsp3) is 0.455. The first-order chi connectivity index (χ1) is 7.84. The smallest absolute Gasteiger partial charge is 0.143 e. The number of fused-ring (bicyclic) bond motifs is 1. The van der Waals surface area contributed by atoms with Crippen molar-refractivity contribution in [2.75, 3.05) is 11.9 Å². The maximum absolute atomic E-state index is 4.71. The summed E-state index contributed by atoms with van der Waals surface area (Å²) in [6.07, 6.45) is 7.25. The lowest BCUT2D eigenvalue weighted by Gasteiger charge is -1.98. The van der Waals surface area contributed by atoms with E-state index in [1.54, 1.807) is 11.3 Å². The lowest BCUT2D eigenvalue weighted by molar-refractivity contribution is 0.775. The first-order valence-corrected chi connectivity index (χ1v) is 6.36. The summed E-state index contributed by atoms with van der Waals surface area (Å²) in [7, 11) is 2.00. The minimum absolute atomic E-state index is 1.07. The number of rotatable bonds is 1. The molecule has 0 spiro atoms. The molecule has 0 atom stereocenters. The summed E-state index contributed by atoms with van der Waals surface area (Å²) < 4.78 is 2.01. The van der Waals surface area contributed by atoms with Crippen LogP contribution < -0.4 is 5.32 Å². The highest BCUT2D eigenvalue weighted by Gasteiger charge is 2.15. The Balaban J connectivity index is 2.01. The van der Waals surface area contributed by atoms with Crippen LogP contribution in [0.5, 0.6) is 0 Å². The molecule has 3 heterocycles. The van der Waals surface area contributed by atoms with Gasteiger partial charge < -0.3 is 9.88 Å². The van der Waals surface area contributed by atoms with Gasteiger partial charge in [0.05, 0.1) is 23.9 Å². The minimum atomic E-state index is 1.07. The van der Waals surface area contributed by atoms with E-state index < -0.39 is 0 Å². The predicted octanol–water partition coefficient (Wildman–Crippen LogP) is 2.29. The van der Waals surface area contributed by atoms with Crippen LogP contribution in [0.4, 0.5) is 5.00 Å². The molecule has 0 saturated heterocycles.